The molecule has 0 unspecified atom stereocenters. The van der Waals surface area contributed by atoms with E-state index in [0.717, 1.165) is 12.8 Å². The maximum Gasteiger partial charge on any atom is 0.315 e. The molecule has 0 spiro atoms. The van der Waals surface area contributed by atoms with Crippen LogP contribution in [0.2, 0.25) is 0 Å². The van der Waals surface area contributed by atoms with Crippen LogP contribution in [0.3, 0.4) is 0 Å². The number of hydrogen-bond acceptors (Lipinski definition) is 3. The van der Waals surface area contributed by atoms with Crippen LogP contribution in [0.1, 0.15) is 33.1 Å². The van der Waals surface area contributed by atoms with E-state index in [1.807, 2.05) is 13.8 Å². The first-order chi connectivity index (χ1) is 9.99. The molecule has 0 aliphatic carbocycles. The lowest BCUT2D eigenvalue weighted by Gasteiger charge is -2.40. The number of carbonyl (C=O) groups is 3. The van der Waals surface area contributed by atoms with Crippen molar-refractivity contribution in [2.24, 2.45) is 0 Å². The van der Waals surface area contributed by atoms with E-state index in [2.05, 4.69) is 10.6 Å². The van der Waals surface area contributed by atoms with Gasteiger partial charge in [-0.25, -0.2) is 4.79 Å². The van der Waals surface area contributed by atoms with Crippen LogP contribution in [-0.2, 0) is 9.59 Å². The summed E-state index contributed by atoms with van der Waals surface area (Å²) in [5.74, 6) is 0.0371. The minimum Gasteiger partial charge on any atom is -0.336 e. The lowest BCUT2D eigenvalue weighted by Crippen LogP contribution is -2.65. The maximum atomic E-state index is 12.6. The topological polar surface area (TPSA) is 81.8 Å². The number of urea groups is 1. The smallest absolute Gasteiger partial charge is 0.315 e. The summed E-state index contributed by atoms with van der Waals surface area (Å²) in [5.41, 5.74) is 0. The van der Waals surface area contributed by atoms with E-state index < -0.39 is 6.04 Å². The molecule has 3 rings (SSSR count). The summed E-state index contributed by atoms with van der Waals surface area (Å²) in [4.78, 5) is 40.3. The number of hydrogen-bond donors (Lipinski definition) is 2. The molecular weight excluding hydrogens is 272 g/mol. The van der Waals surface area contributed by atoms with Gasteiger partial charge < -0.3 is 20.4 Å². The quantitative estimate of drug-likeness (QED) is 0.731. The molecule has 21 heavy (non-hydrogen) atoms. The summed E-state index contributed by atoms with van der Waals surface area (Å²) < 4.78 is 0. The normalized spacial score (nSPS) is 31.5. The number of nitrogens with one attached hydrogen (secondary N) is 2. The van der Waals surface area contributed by atoms with Gasteiger partial charge in [0.2, 0.25) is 11.8 Å². The van der Waals surface area contributed by atoms with Gasteiger partial charge in [-0.3, -0.25) is 9.59 Å². The van der Waals surface area contributed by atoms with E-state index in [-0.39, 0.29) is 36.0 Å². The average Bonchev–Trinajstić information content (AvgIpc) is 3.01. The van der Waals surface area contributed by atoms with E-state index in [4.69, 9.17) is 0 Å². The van der Waals surface area contributed by atoms with Crippen molar-refractivity contribution < 1.29 is 14.4 Å². The Morgan fingerprint density at radius 1 is 1.14 bits per heavy atom. The minimum atomic E-state index is -0.523. The molecule has 0 aromatic carbocycles. The van der Waals surface area contributed by atoms with E-state index in [0.29, 0.717) is 19.5 Å². The van der Waals surface area contributed by atoms with Gasteiger partial charge in [0.05, 0.1) is 6.04 Å². The first kappa shape index (κ1) is 14.2. The molecule has 0 saturated carbocycles. The van der Waals surface area contributed by atoms with Gasteiger partial charge in [-0.2, -0.15) is 0 Å². The summed E-state index contributed by atoms with van der Waals surface area (Å²) in [6, 6.07) is -1.32. The molecule has 4 amide bonds. The number of nitrogens with zero attached hydrogens (tertiary/aromatic N) is 2. The van der Waals surface area contributed by atoms with Crippen molar-refractivity contribution >= 4 is 17.8 Å². The van der Waals surface area contributed by atoms with Gasteiger partial charge in [0.1, 0.15) is 12.1 Å². The van der Waals surface area contributed by atoms with Gasteiger partial charge in [-0.15, -0.1) is 0 Å². The Hall–Kier alpha value is -1.79. The third kappa shape index (κ3) is 2.34. The van der Waals surface area contributed by atoms with Crippen LogP contribution < -0.4 is 10.6 Å². The molecule has 2 N–H and O–H groups in total. The van der Waals surface area contributed by atoms with Crippen LogP contribution in [-0.4, -0.2) is 64.9 Å². The predicted octanol–water partition coefficient (Wildman–Crippen LogP) is -0.332. The standard InChI is InChI=1S/C14H22N4O3/c1-8(2)15-14(21)16-9-5-7-18-11(9)13(20)17-6-3-4-10(17)12(18)19/h8-11H,3-7H2,1-2H3,(H2,15,16,21)/t9-,10+,11-/m0/s1. The first-order valence-electron chi connectivity index (χ1n) is 7.67. The Bertz CT molecular complexity index is 479. The highest BCUT2D eigenvalue weighted by Gasteiger charge is 2.53. The number of carbonyl (C=O) groups excluding carboxylic acids is 3. The summed E-state index contributed by atoms with van der Waals surface area (Å²) in [6.45, 7) is 4.96. The molecular formula is C14H22N4O3. The van der Waals surface area contributed by atoms with Crippen molar-refractivity contribution in [3.63, 3.8) is 0 Å². The fourth-order valence-electron chi connectivity index (χ4n) is 3.62. The highest BCUT2D eigenvalue weighted by atomic mass is 16.2. The molecule has 3 aliphatic heterocycles. The Labute approximate surface area is 124 Å². The van der Waals surface area contributed by atoms with Crippen molar-refractivity contribution in [3.05, 3.63) is 0 Å². The predicted molar refractivity (Wildman–Crippen MR) is 75.4 cm³/mol. The van der Waals surface area contributed by atoms with Crippen LogP contribution in [0, 0.1) is 0 Å². The molecule has 0 aromatic heterocycles. The van der Waals surface area contributed by atoms with Crippen molar-refractivity contribution in [1.82, 2.24) is 20.4 Å². The highest BCUT2D eigenvalue weighted by molar-refractivity contribution is 5.98. The van der Waals surface area contributed by atoms with Crippen LogP contribution in [0.4, 0.5) is 4.79 Å². The van der Waals surface area contributed by atoms with Crippen LogP contribution in [0.5, 0.6) is 0 Å². The minimum absolute atomic E-state index is 0.00977. The molecule has 0 bridgehead atoms. The fourth-order valence-corrected chi connectivity index (χ4v) is 3.62. The van der Waals surface area contributed by atoms with Crippen molar-refractivity contribution in [2.45, 2.75) is 57.3 Å². The van der Waals surface area contributed by atoms with Gasteiger partial charge in [0.25, 0.3) is 0 Å². The lowest BCUT2D eigenvalue weighted by molar-refractivity contribution is -0.157. The van der Waals surface area contributed by atoms with E-state index in [1.54, 1.807) is 9.80 Å². The summed E-state index contributed by atoms with van der Waals surface area (Å²) in [7, 11) is 0. The maximum absolute atomic E-state index is 12.6. The van der Waals surface area contributed by atoms with Crippen molar-refractivity contribution in [2.75, 3.05) is 13.1 Å². The molecule has 7 nitrogen and oxygen atoms in total. The molecule has 3 heterocycles. The number of piperazine rings is 1. The zero-order chi connectivity index (χ0) is 15.1. The third-order valence-electron chi connectivity index (χ3n) is 4.49. The average molecular weight is 294 g/mol. The summed E-state index contributed by atoms with van der Waals surface area (Å²) in [6.07, 6.45) is 2.28. The molecule has 3 atom stereocenters. The highest BCUT2D eigenvalue weighted by Crippen LogP contribution is 2.32. The van der Waals surface area contributed by atoms with E-state index in [1.165, 1.54) is 0 Å². The van der Waals surface area contributed by atoms with Gasteiger partial charge in [0.15, 0.2) is 0 Å². The summed E-state index contributed by atoms with van der Waals surface area (Å²) in [5, 5.41) is 5.61. The molecule has 116 valence electrons. The molecule has 7 heteroatoms. The Morgan fingerprint density at radius 2 is 1.90 bits per heavy atom. The molecule has 0 aromatic rings. The second kappa shape index (κ2) is 5.20. The van der Waals surface area contributed by atoms with Gasteiger partial charge in [0, 0.05) is 19.1 Å². The largest absolute Gasteiger partial charge is 0.336 e. The van der Waals surface area contributed by atoms with Gasteiger partial charge in [-0.05, 0) is 33.1 Å². The van der Waals surface area contributed by atoms with Crippen LogP contribution in [0.15, 0.2) is 0 Å². The van der Waals surface area contributed by atoms with Crippen molar-refractivity contribution in [1.29, 1.82) is 0 Å². The zero-order valence-electron chi connectivity index (χ0n) is 12.5. The van der Waals surface area contributed by atoms with Gasteiger partial charge >= 0.3 is 6.03 Å². The SMILES string of the molecule is CC(C)NC(=O)N[C@H]1CCN2C(=O)[C@H]3CCCN3C(=O)[C@H]12. The lowest BCUT2D eigenvalue weighted by atomic mass is 10.0. The Kier molecular flexibility index (Phi) is 3.51. The van der Waals surface area contributed by atoms with Crippen LogP contribution >= 0.6 is 0 Å². The summed E-state index contributed by atoms with van der Waals surface area (Å²) >= 11 is 0. The van der Waals surface area contributed by atoms with Crippen LogP contribution in [0.25, 0.3) is 0 Å². The monoisotopic (exact) mass is 294 g/mol. The second-order valence-electron chi connectivity index (χ2n) is 6.33. The fraction of sp³-hybridized carbons (Fsp3) is 0.786. The molecule has 0 radical (unpaired) electrons. The van der Waals surface area contributed by atoms with E-state index >= 15 is 0 Å². The van der Waals surface area contributed by atoms with E-state index in [9.17, 15) is 14.4 Å². The number of rotatable bonds is 2. The molecule has 3 aliphatic rings. The Balaban J connectivity index is 1.73. The second-order valence-corrected chi connectivity index (χ2v) is 6.33. The Morgan fingerprint density at radius 3 is 2.62 bits per heavy atom. The molecule has 3 saturated heterocycles. The third-order valence-corrected chi connectivity index (χ3v) is 4.49. The number of fused-ring (bicyclic) bond motifs is 2. The first-order valence-corrected chi connectivity index (χ1v) is 7.67. The van der Waals surface area contributed by atoms with Gasteiger partial charge in [-0.1, -0.05) is 0 Å². The zero-order valence-corrected chi connectivity index (χ0v) is 12.5. The number of amides is 4. The molecule has 3 fully saturated rings. The van der Waals surface area contributed by atoms with Crippen molar-refractivity contribution in [3.8, 4) is 0 Å².